The molecule has 90 valence electrons. The SMILES string of the molecule is CCC(C)C1(C)C2C3[C@@H]([C@@H]21)C3(C)C1(C)CC1. The van der Waals surface area contributed by atoms with Gasteiger partial charge in [0.15, 0.2) is 0 Å². The molecule has 0 aromatic heterocycles. The van der Waals surface area contributed by atoms with Crippen molar-refractivity contribution in [2.24, 2.45) is 45.8 Å². The van der Waals surface area contributed by atoms with E-state index in [-0.39, 0.29) is 0 Å². The van der Waals surface area contributed by atoms with Crippen LogP contribution in [0.2, 0.25) is 0 Å². The van der Waals surface area contributed by atoms with Crippen LogP contribution in [0, 0.1) is 45.8 Å². The molecule has 0 spiro atoms. The third-order valence-corrected chi connectivity index (χ3v) is 8.13. The van der Waals surface area contributed by atoms with E-state index in [1.807, 2.05) is 0 Å². The number of hydrogen-bond donors (Lipinski definition) is 0. The number of fused-ring (bicyclic) bond motifs is 4. The normalized spacial score (nSPS) is 65.1. The molecule has 16 heavy (non-hydrogen) atoms. The Bertz CT molecular complexity index is 346. The van der Waals surface area contributed by atoms with Crippen molar-refractivity contribution in [1.82, 2.24) is 0 Å². The average Bonchev–Trinajstić information content (AvgIpc) is 3.07. The van der Waals surface area contributed by atoms with Crippen LogP contribution < -0.4 is 0 Å². The van der Waals surface area contributed by atoms with Gasteiger partial charge in [0.1, 0.15) is 0 Å². The summed E-state index contributed by atoms with van der Waals surface area (Å²) in [5.74, 6) is 5.52. The van der Waals surface area contributed by atoms with Crippen molar-refractivity contribution in [3.05, 3.63) is 0 Å². The van der Waals surface area contributed by atoms with E-state index < -0.39 is 0 Å². The topological polar surface area (TPSA) is 0 Å². The van der Waals surface area contributed by atoms with Crippen LogP contribution in [0.25, 0.3) is 0 Å². The fraction of sp³-hybridized carbons (Fsp3) is 1.00. The molecule has 0 aromatic rings. The predicted molar refractivity (Wildman–Crippen MR) is 67.0 cm³/mol. The summed E-state index contributed by atoms with van der Waals surface area (Å²) in [5, 5.41) is 0. The second-order valence-corrected chi connectivity index (χ2v) is 8.12. The summed E-state index contributed by atoms with van der Waals surface area (Å²) in [5.41, 5.74) is 2.32. The average molecular weight is 218 g/mol. The minimum absolute atomic E-state index is 0.759. The quantitative estimate of drug-likeness (QED) is 0.660. The van der Waals surface area contributed by atoms with Gasteiger partial charge >= 0.3 is 0 Å². The molecular weight excluding hydrogens is 192 g/mol. The first-order chi connectivity index (χ1) is 7.43. The highest BCUT2D eigenvalue weighted by Crippen LogP contribution is 2.98. The van der Waals surface area contributed by atoms with Crippen LogP contribution in [0.15, 0.2) is 0 Å². The van der Waals surface area contributed by atoms with Gasteiger partial charge in [-0.1, -0.05) is 41.0 Å². The lowest BCUT2D eigenvalue weighted by Gasteiger charge is -2.25. The summed E-state index contributed by atoms with van der Waals surface area (Å²) in [6.07, 6.45) is 4.43. The first kappa shape index (κ1) is 9.97. The van der Waals surface area contributed by atoms with Gasteiger partial charge in [-0.2, -0.15) is 0 Å². The first-order valence-corrected chi connectivity index (χ1v) is 7.43. The minimum atomic E-state index is 0.759. The molecule has 0 heteroatoms. The monoisotopic (exact) mass is 218 g/mol. The molecule has 4 aliphatic rings. The Kier molecular flexibility index (Phi) is 1.41. The lowest BCUT2D eigenvalue weighted by Crippen LogP contribution is -2.18. The fourth-order valence-electron chi connectivity index (χ4n) is 6.08. The van der Waals surface area contributed by atoms with Gasteiger partial charge in [0.2, 0.25) is 0 Å². The Morgan fingerprint density at radius 1 is 1.00 bits per heavy atom. The molecule has 4 aliphatic carbocycles. The lowest BCUT2D eigenvalue weighted by molar-refractivity contribution is 0.235. The summed E-state index contributed by atoms with van der Waals surface area (Å²) >= 11 is 0. The van der Waals surface area contributed by atoms with Gasteiger partial charge in [-0.3, -0.25) is 0 Å². The molecule has 5 unspecified atom stereocenters. The molecule has 7 atom stereocenters. The van der Waals surface area contributed by atoms with Crippen molar-refractivity contribution in [2.45, 2.75) is 53.9 Å². The van der Waals surface area contributed by atoms with E-state index in [9.17, 15) is 0 Å². The summed E-state index contributed by atoms with van der Waals surface area (Å²) in [6.45, 7) is 12.6. The van der Waals surface area contributed by atoms with Gasteiger partial charge in [-0.15, -0.1) is 0 Å². The van der Waals surface area contributed by atoms with Gasteiger partial charge in [-0.25, -0.2) is 0 Å². The maximum Gasteiger partial charge on any atom is -0.0204 e. The van der Waals surface area contributed by atoms with Crippen LogP contribution in [0.4, 0.5) is 0 Å². The zero-order chi connectivity index (χ0) is 11.5. The Balaban J connectivity index is 1.56. The summed E-state index contributed by atoms with van der Waals surface area (Å²) in [7, 11) is 0. The largest absolute Gasteiger partial charge is 0.0651 e. The van der Waals surface area contributed by atoms with E-state index in [1.165, 1.54) is 19.3 Å². The molecule has 0 aliphatic heterocycles. The van der Waals surface area contributed by atoms with Crippen LogP contribution in [0.1, 0.15) is 53.9 Å². The molecule has 0 saturated heterocycles. The van der Waals surface area contributed by atoms with E-state index in [0.29, 0.717) is 0 Å². The number of hydrogen-bond acceptors (Lipinski definition) is 0. The lowest BCUT2D eigenvalue weighted by atomic mass is 9.80. The summed E-state index contributed by atoms with van der Waals surface area (Å²) < 4.78 is 0. The van der Waals surface area contributed by atoms with Crippen molar-refractivity contribution in [2.75, 3.05) is 0 Å². The standard InChI is InChI=1S/C16H26/c1-6-9(2)15(4)10-11(15)13-12(10)16(13,5)14(3)7-8-14/h9-13H,6-8H2,1-5H3/t9?,10-,11?,12-,13?,15?,16?/m1/s1. The molecule has 0 nitrogen and oxygen atoms in total. The van der Waals surface area contributed by atoms with E-state index >= 15 is 0 Å². The zero-order valence-corrected chi connectivity index (χ0v) is 11.5. The molecule has 0 N–H and O–H groups in total. The fourth-order valence-corrected chi connectivity index (χ4v) is 6.08. The second kappa shape index (κ2) is 2.27. The molecule has 4 fully saturated rings. The Labute approximate surface area is 100 Å². The smallest absolute Gasteiger partial charge is 0.0204 e. The Morgan fingerprint density at radius 2 is 1.50 bits per heavy atom. The van der Waals surface area contributed by atoms with E-state index in [4.69, 9.17) is 0 Å². The molecule has 4 rings (SSSR count). The first-order valence-electron chi connectivity index (χ1n) is 7.43. The van der Waals surface area contributed by atoms with Gasteiger partial charge in [0.25, 0.3) is 0 Å². The highest BCUT2D eigenvalue weighted by atomic mass is 15.0. The van der Waals surface area contributed by atoms with Gasteiger partial charge < -0.3 is 0 Å². The van der Waals surface area contributed by atoms with E-state index in [0.717, 1.165) is 45.8 Å². The maximum absolute atomic E-state index is 2.62. The summed E-state index contributed by atoms with van der Waals surface area (Å²) in [4.78, 5) is 0. The molecule has 0 heterocycles. The van der Waals surface area contributed by atoms with E-state index in [1.54, 1.807) is 0 Å². The third kappa shape index (κ3) is 0.703. The van der Waals surface area contributed by atoms with Crippen molar-refractivity contribution < 1.29 is 0 Å². The third-order valence-electron chi connectivity index (χ3n) is 8.13. The highest BCUT2D eigenvalue weighted by molar-refractivity contribution is 5.41. The minimum Gasteiger partial charge on any atom is -0.0651 e. The molecule has 0 radical (unpaired) electrons. The van der Waals surface area contributed by atoms with Gasteiger partial charge in [0, 0.05) is 0 Å². The molecule has 0 aromatic carbocycles. The summed E-state index contributed by atoms with van der Waals surface area (Å²) in [6, 6.07) is 0. The molecular formula is C16H26. The highest BCUT2D eigenvalue weighted by Gasteiger charge is 2.94. The number of rotatable bonds is 3. The van der Waals surface area contributed by atoms with E-state index in [2.05, 4.69) is 34.6 Å². The van der Waals surface area contributed by atoms with Gasteiger partial charge in [0.05, 0.1) is 0 Å². The molecule has 0 bridgehead atoms. The van der Waals surface area contributed by atoms with Crippen molar-refractivity contribution in [3.8, 4) is 0 Å². The Hall–Kier alpha value is 0. The maximum atomic E-state index is 2.62. The zero-order valence-electron chi connectivity index (χ0n) is 11.5. The van der Waals surface area contributed by atoms with Crippen molar-refractivity contribution >= 4 is 0 Å². The van der Waals surface area contributed by atoms with Crippen LogP contribution in [-0.2, 0) is 0 Å². The van der Waals surface area contributed by atoms with Crippen LogP contribution in [0.3, 0.4) is 0 Å². The Morgan fingerprint density at radius 3 is 1.88 bits per heavy atom. The second-order valence-electron chi connectivity index (χ2n) is 8.12. The predicted octanol–water partition coefficient (Wildman–Crippen LogP) is 4.35. The van der Waals surface area contributed by atoms with Crippen molar-refractivity contribution in [1.29, 1.82) is 0 Å². The van der Waals surface area contributed by atoms with Gasteiger partial charge in [-0.05, 0) is 58.7 Å². The van der Waals surface area contributed by atoms with Crippen LogP contribution in [-0.4, -0.2) is 0 Å². The van der Waals surface area contributed by atoms with Crippen LogP contribution >= 0.6 is 0 Å². The molecule has 4 saturated carbocycles. The van der Waals surface area contributed by atoms with Crippen molar-refractivity contribution in [3.63, 3.8) is 0 Å². The molecule has 0 amide bonds. The van der Waals surface area contributed by atoms with Crippen LogP contribution in [0.5, 0.6) is 0 Å².